The van der Waals surface area contributed by atoms with Crippen LogP contribution in [0.1, 0.15) is 30.6 Å². The van der Waals surface area contributed by atoms with Gasteiger partial charge in [-0.25, -0.2) is 0 Å². The van der Waals surface area contributed by atoms with Crippen LogP contribution < -0.4 is 16.8 Å². The Morgan fingerprint density at radius 2 is 2.06 bits per heavy atom. The summed E-state index contributed by atoms with van der Waals surface area (Å²) >= 11 is 0. The van der Waals surface area contributed by atoms with Crippen molar-refractivity contribution in [2.24, 2.45) is 5.92 Å². The fourth-order valence-electron chi connectivity index (χ4n) is 1.80. The van der Waals surface area contributed by atoms with Gasteiger partial charge in [0.1, 0.15) is 0 Å². The summed E-state index contributed by atoms with van der Waals surface area (Å²) < 4.78 is 0. The van der Waals surface area contributed by atoms with Gasteiger partial charge >= 0.3 is 0 Å². The number of aliphatic hydroxyl groups is 1. The van der Waals surface area contributed by atoms with Crippen LogP contribution in [0.3, 0.4) is 0 Å². The summed E-state index contributed by atoms with van der Waals surface area (Å²) in [4.78, 5) is 12.0. The van der Waals surface area contributed by atoms with Crippen LogP contribution in [0.2, 0.25) is 0 Å². The Balaban J connectivity index is 2.74. The first-order chi connectivity index (χ1) is 8.43. The van der Waals surface area contributed by atoms with E-state index in [9.17, 15) is 9.90 Å². The maximum absolute atomic E-state index is 12.0. The monoisotopic (exact) mass is 251 g/mol. The molecule has 0 bridgehead atoms. The average Bonchev–Trinajstić information content (AvgIpc) is 2.27. The SMILES string of the molecule is CC(C)CC(CO)NC(=O)c1ccc(N)cc1N. The normalized spacial score (nSPS) is 12.4. The molecule has 0 aromatic heterocycles. The number of nitrogens with two attached hydrogens (primary N) is 2. The average molecular weight is 251 g/mol. The van der Waals surface area contributed by atoms with Crippen molar-refractivity contribution in [3.8, 4) is 0 Å². The number of anilines is 2. The van der Waals surface area contributed by atoms with Gasteiger partial charge in [-0.1, -0.05) is 13.8 Å². The van der Waals surface area contributed by atoms with E-state index in [1.807, 2.05) is 13.8 Å². The molecule has 0 aliphatic heterocycles. The summed E-state index contributed by atoms with van der Waals surface area (Å²) in [5.41, 5.74) is 12.5. The van der Waals surface area contributed by atoms with Crippen LogP contribution in [0, 0.1) is 5.92 Å². The van der Waals surface area contributed by atoms with E-state index in [1.165, 1.54) is 0 Å². The summed E-state index contributed by atoms with van der Waals surface area (Å²) in [7, 11) is 0. The van der Waals surface area contributed by atoms with E-state index in [1.54, 1.807) is 18.2 Å². The van der Waals surface area contributed by atoms with Crippen LogP contribution in [-0.4, -0.2) is 23.7 Å². The molecule has 0 aliphatic carbocycles. The Kier molecular flexibility index (Phi) is 4.97. The minimum atomic E-state index is -0.285. The zero-order valence-corrected chi connectivity index (χ0v) is 10.8. The molecule has 5 nitrogen and oxygen atoms in total. The van der Waals surface area contributed by atoms with Crippen LogP contribution in [0.15, 0.2) is 18.2 Å². The molecule has 5 heteroatoms. The third-order valence-electron chi connectivity index (χ3n) is 2.63. The zero-order chi connectivity index (χ0) is 13.7. The summed E-state index contributed by atoms with van der Waals surface area (Å²) in [6.45, 7) is 3.98. The van der Waals surface area contributed by atoms with Crippen LogP contribution in [0.4, 0.5) is 11.4 Å². The highest BCUT2D eigenvalue weighted by Crippen LogP contribution is 2.16. The van der Waals surface area contributed by atoms with Crippen molar-refractivity contribution < 1.29 is 9.90 Å². The van der Waals surface area contributed by atoms with Crippen molar-refractivity contribution in [1.29, 1.82) is 0 Å². The van der Waals surface area contributed by atoms with Crippen LogP contribution in [0.25, 0.3) is 0 Å². The van der Waals surface area contributed by atoms with Gasteiger partial charge in [-0.05, 0) is 30.5 Å². The van der Waals surface area contributed by atoms with E-state index in [0.717, 1.165) is 6.42 Å². The lowest BCUT2D eigenvalue weighted by molar-refractivity contribution is 0.0909. The molecule has 0 spiro atoms. The molecular weight excluding hydrogens is 230 g/mol. The lowest BCUT2D eigenvalue weighted by atomic mass is 10.0. The molecule has 1 atom stereocenters. The quantitative estimate of drug-likeness (QED) is 0.586. The molecule has 0 radical (unpaired) electrons. The smallest absolute Gasteiger partial charge is 0.253 e. The Labute approximate surface area is 107 Å². The van der Waals surface area contributed by atoms with Gasteiger partial charge in [-0.2, -0.15) is 0 Å². The van der Waals surface area contributed by atoms with Crippen molar-refractivity contribution in [3.05, 3.63) is 23.8 Å². The van der Waals surface area contributed by atoms with Gasteiger partial charge in [0.2, 0.25) is 0 Å². The molecule has 0 fully saturated rings. The maximum atomic E-state index is 12.0. The number of benzene rings is 1. The number of nitrogen functional groups attached to an aromatic ring is 2. The molecule has 1 rings (SSSR count). The van der Waals surface area contributed by atoms with Crippen molar-refractivity contribution in [1.82, 2.24) is 5.32 Å². The van der Waals surface area contributed by atoms with Crippen LogP contribution >= 0.6 is 0 Å². The van der Waals surface area contributed by atoms with Crippen molar-refractivity contribution in [2.45, 2.75) is 26.3 Å². The van der Waals surface area contributed by atoms with E-state index >= 15 is 0 Å². The second-order valence-corrected chi connectivity index (χ2v) is 4.83. The lowest BCUT2D eigenvalue weighted by Gasteiger charge is -2.18. The highest BCUT2D eigenvalue weighted by molar-refractivity contribution is 5.99. The summed E-state index contributed by atoms with van der Waals surface area (Å²) in [5, 5.41) is 12.0. The van der Waals surface area contributed by atoms with E-state index in [-0.39, 0.29) is 18.6 Å². The minimum absolute atomic E-state index is 0.0845. The molecule has 1 aromatic carbocycles. The maximum Gasteiger partial charge on any atom is 0.253 e. The molecule has 100 valence electrons. The predicted molar refractivity (Wildman–Crippen MR) is 73.1 cm³/mol. The topological polar surface area (TPSA) is 101 Å². The number of hydrogen-bond donors (Lipinski definition) is 4. The number of nitrogens with one attached hydrogen (secondary N) is 1. The third kappa shape index (κ3) is 3.92. The summed E-state index contributed by atoms with van der Waals surface area (Å²) in [6, 6.07) is 4.51. The molecule has 1 unspecified atom stereocenters. The molecular formula is C13H21N3O2. The highest BCUT2D eigenvalue weighted by Gasteiger charge is 2.16. The van der Waals surface area contributed by atoms with Gasteiger partial charge in [-0.3, -0.25) is 4.79 Å². The predicted octanol–water partition coefficient (Wildman–Crippen LogP) is 0.988. The second kappa shape index (κ2) is 6.26. The molecule has 1 aromatic rings. The van der Waals surface area contributed by atoms with Gasteiger partial charge in [0, 0.05) is 11.4 Å². The van der Waals surface area contributed by atoms with E-state index in [4.69, 9.17) is 11.5 Å². The Hall–Kier alpha value is -1.75. The van der Waals surface area contributed by atoms with Crippen molar-refractivity contribution in [2.75, 3.05) is 18.1 Å². The summed E-state index contributed by atoms with van der Waals surface area (Å²) in [6.07, 6.45) is 0.719. The van der Waals surface area contributed by atoms with E-state index in [2.05, 4.69) is 5.32 Å². The highest BCUT2D eigenvalue weighted by atomic mass is 16.3. The Morgan fingerprint density at radius 3 is 2.56 bits per heavy atom. The van der Waals surface area contributed by atoms with E-state index < -0.39 is 0 Å². The molecule has 0 saturated carbocycles. The minimum Gasteiger partial charge on any atom is -0.399 e. The third-order valence-corrected chi connectivity index (χ3v) is 2.63. The Morgan fingerprint density at radius 1 is 1.39 bits per heavy atom. The molecule has 0 aliphatic rings. The number of amides is 1. The fraction of sp³-hybridized carbons (Fsp3) is 0.462. The largest absolute Gasteiger partial charge is 0.399 e. The number of rotatable bonds is 5. The number of hydrogen-bond acceptors (Lipinski definition) is 4. The first-order valence-corrected chi connectivity index (χ1v) is 6.00. The number of carbonyl (C=O) groups excluding carboxylic acids is 1. The summed E-state index contributed by atoms with van der Waals surface area (Å²) in [5.74, 6) is 0.110. The molecule has 0 saturated heterocycles. The molecule has 18 heavy (non-hydrogen) atoms. The molecule has 6 N–H and O–H groups in total. The number of aliphatic hydroxyl groups excluding tert-OH is 1. The van der Waals surface area contributed by atoms with Gasteiger partial charge in [0.25, 0.3) is 5.91 Å². The van der Waals surface area contributed by atoms with Gasteiger partial charge in [-0.15, -0.1) is 0 Å². The first-order valence-electron chi connectivity index (χ1n) is 6.00. The van der Waals surface area contributed by atoms with Crippen LogP contribution in [-0.2, 0) is 0 Å². The van der Waals surface area contributed by atoms with Gasteiger partial charge in [0.15, 0.2) is 0 Å². The zero-order valence-electron chi connectivity index (χ0n) is 10.8. The standard InChI is InChI=1S/C13H21N3O2/c1-8(2)5-10(7-17)16-13(18)11-4-3-9(14)6-12(11)15/h3-4,6,8,10,17H,5,7,14-15H2,1-2H3,(H,16,18). The fourth-order valence-corrected chi connectivity index (χ4v) is 1.80. The van der Waals surface area contributed by atoms with Crippen molar-refractivity contribution >= 4 is 17.3 Å². The first kappa shape index (κ1) is 14.3. The number of carbonyl (C=O) groups is 1. The van der Waals surface area contributed by atoms with Gasteiger partial charge < -0.3 is 21.9 Å². The molecule has 0 heterocycles. The van der Waals surface area contributed by atoms with Crippen molar-refractivity contribution in [3.63, 3.8) is 0 Å². The molecule has 1 amide bonds. The van der Waals surface area contributed by atoms with Gasteiger partial charge in [0.05, 0.1) is 18.2 Å². The lowest BCUT2D eigenvalue weighted by Crippen LogP contribution is -2.38. The van der Waals surface area contributed by atoms with Crippen LogP contribution in [0.5, 0.6) is 0 Å². The second-order valence-electron chi connectivity index (χ2n) is 4.83. The van der Waals surface area contributed by atoms with E-state index in [0.29, 0.717) is 22.9 Å². The Bertz CT molecular complexity index is 419.